The zero-order valence-electron chi connectivity index (χ0n) is 17.4. The highest BCUT2D eigenvalue weighted by Crippen LogP contribution is 2.39. The first-order valence-electron chi connectivity index (χ1n) is 10.5. The summed E-state index contributed by atoms with van der Waals surface area (Å²) in [5, 5.41) is 13.5. The van der Waals surface area contributed by atoms with Crippen LogP contribution in [0.2, 0.25) is 10.0 Å². The van der Waals surface area contributed by atoms with Gasteiger partial charge in [0.15, 0.2) is 5.76 Å². The fraction of sp³-hybridized carbons (Fsp3) is 0.375. The molecule has 0 bridgehead atoms. The average Bonchev–Trinajstić information content (AvgIpc) is 3.04. The minimum Gasteiger partial charge on any atom is -0.872 e. The van der Waals surface area contributed by atoms with Crippen molar-refractivity contribution in [2.24, 2.45) is 0 Å². The molecule has 0 radical (unpaired) electrons. The van der Waals surface area contributed by atoms with Crippen LogP contribution in [0.25, 0.3) is 6.08 Å². The van der Waals surface area contributed by atoms with Crippen molar-refractivity contribution in [3.63, 3.8) is 0 Å². The van der Waals surface area contributed by atoms with Crippen molar-refractivity contribution in [1.29, 1.82) is 0 Å². The summed E-state index contributed by atoms with van der Waals surface area (Å²) < 4.78 is 5.94. The number of quaternary nitrogens is 1. The summed E-state index contributed by atoms with van der Waals surface area (Å²) in [5.41, 5.74) is 1.51. The van der Waals surface area contributed by atoms with Crippen molar-refractivity contribution in [1.82, 2.24) is 0 Å². The van der Waals surface area contributed by atoms with Crippen molar-refractivity contribution < 1.29 is 19.5 Å². The molecule has 0 saturated heterocycles. The van der Waals surface area contributed by atoms with Gasteiger partial charge in [-0.2, -0.15) is 0 Å². The number of carbonyl (C=O) groups is 1. The predicted octanol–water partition coefficient (Wildman–Crippen LogP) is 4.67. The number of ketones is 1. The van der Waals surface area contributed by atoms with Gasteiger partial charge < -0.3 is 14.7 Å². The van der Waals surface area contributed by atoms with E-state index >= 15 is 0 Å². The minimum atomic E-state index is -0.258. The van der Waals surface area contributed by atoms with Crippen molar-refractivity contribution >= 4 is 35.1 Å². The Bertz CT molecular complexity index is 927. The first-order chi connectivity index (χ1) is 14.5. The highest BCUT2D eigenvalue weighted by atomic mass is 35.5. The number of nitrogens with one attached hydrogen (secondary N) is 1. The number of rotatable bonds is 9. The highest BCUT2D eigenvalue weighted by molar-refractivity contribution is 6.37. The molecule has 1 aliphatic rings. The van der Waals surface area contributed by atoms with Gasteiger partial charge in [0, 0.05) is 21.2 Å². The monoisotopic (exact) mass is 447 g/mol. The van der Waals surface area contributed by atoms with E-state index in [0.29, 0.717) is 39.0 Å². The SMILES string of the molecule is CCCC[NH+](CCCC)Cc1c([O-])ccc2c1O/C(=C\c1c(Cl)cccc1Cl)C2=O. The van der Waals surface area contributed by atoms with Crippen LogP contribution in [0, 0.1) is 0 Å². The van der Waals surface area contributed by atoms with E-state index in [1.165, 1.54) is 11.0 Å². The van der Waals surface area contributed by atoms with E-state index in [-0.39, 0.29) is 17.3 Å². The third-order valence-corrected chi connectivity index (χ3v) is 6.03. The van der Waals surface area contributed by atoms with Crippen LogP contribution in [-0.4, -0.2) is 18.9 Å². The van der Waals surface area contributed by atoms with Crippen molar-refractivity contribution in [3.05, 3.63) is 62.8 Å². The molecule has 1 aliphatic heterocycles. The molecule has 0 atom stereocenters. The van der Waals surface area contributed by atoms with Crippen molar-refractivity contribution in [2.45, 2.75) is 46.1 Å². The Morgan fingerprint density at radius 1 is 1.03 bits per heavy atom. The molecular weight excluding hydrogens is 421 g/mol. The molecule has 1 heterocycles. The normalized spacial score (nSPS) is 14.4. The first-order valence-corrected chi connectivity index (χ1v) is 11.3. The van der Waals surface area contributed by atoms with Crippen molar-refractivity contribution in [3.8, 4) is 11.5 Å². The van der Waals surface area contributed by atoms with Gasteiger partial charge in [-0.15, -0.1) is 0 Å². The van der Waals surface area contributed by atoms with Crippen LogP contribution in [-0.2, 0) is 6.54 Å². The Kier molecular flexibility index (Phi) is 7.81. The molecule has 0 saturated carbocycles. The van der Waals surface area contributed by atoms with Gasteiger partial charge in [-0.25, -0.2) is 0 Å². The van der Waals surface area contributed by atoms with Gasteiger partial charge in [0.05, 0.1) is 18.7 Å². The number of ether oxygens (including phenoxy) is 1. The molecule has 4 nitrogen and oxygen atoms in total. The van der Waals surface area contributed by atoms with Crippen LogP contribution >= 0.6 is 23.2 Å². The molecular formula is C24H27Cl2NO3. The standard InChI is InChI=1S/C24H27Cl2NO3/c1-3-5-12-27(13-6-4-2)15-18-21(28)11-10-16-23(29)22(30-24(16)18)14-17-19(25)8-7-9-20(17)26/h7-11,14,28H,3-6,12-13,15H2,1-2H3/b22-14-. The summed E-state index contributed by atoms with van der Waals surface area (Å²) >= 11 is 12.5. The number of allylic oxidation sites excluding steroid dienone is 1. The van der Waals surface area contributed by atoms with Crippen LogP contribution in [0.1, 0.15) is 61.0 Å². The van der Waals surface area contributed by atoms with E-state index in [4.69, 9.17) is 27.9 Å². The van der Waals surface area contributed by atoms with Crippen molar-refractivity contribution in [2.75, 3.05) is 13.1 Å². The zero-order chi connectivity index (χ0) is 21.7. The fourth-order valence-corrected chi connectivity index (χ4v) is 4.15. The molecule has 2 aromatic rings. The largest absolute Gasteiger partial charge is 0.872 e. The summed E-state index contributed by atoms with van der Waals surface area (Å²) in [6.07, 6.45) is 5.96. The van der Waals surface area contributed by atoms with Crippen LogP contribution in [0.3, 0.4) is 0 Å². The summed E-state index contributed by atoms with van der Waals surface area (Å²) in [6.45, 7) is 6.86. The molecule has 0 amide bonds. The lowest BCUT2D eigenvalue weighted by Gasteiger charge is -2.23. The van der Waals surface area contributed by atoms with Gasteiger partial charge >= 0.3 is 0 Å². The Hall–Kier alpha value is -2.01. The smallest absolute Gasteiger partial charge is 0.231 e. The van der Waals surface area contributed by atoms with Crippen LogP contribution in [0.5, 0.6) is 11.5 Å². The summed E-state index contributed by atoms with van der Waals surface area (Å²) in [4.78, 5) is 14.3. The maximum absolute atomic E-state index is 12.9. The topological polar surface area (TPSA) is 53.8 Å². The third-order valence-electron chi connectivity index (χ3n) is 5.37. The number of benzene rings is 2. The Morgan fingerprint density at radius 3 is 2.27 bits per heavy atom. The van der Waals surface area contributed by atoms with Crippen LogP contribution in [0.4, 0.5) is 0 Å². The van der Waals surface area contributed by atoms with Crippen LogP contribution < -0.4 is 14.7 Å². The number of halogens is 2. The number of fused-ring (bicyclic) bond motifs is 1. The van der Waals surface area contributed by atoms with E-state index in [1.54, 1.807) is 30.3 Å². The summed E-state index contributed by atoms with van der Waals surface area (Å²) in [7, 11) is 0. The van der Waals surface area contributed by atoms with E-state index in [0.717, 1.165) is 38.8 Å². The second kappa shape index (κ2) is 10.3. The lowest BCUT2D eigenvalue weighted by molar-refractivity contribution is -0.914. The predicted molar refractivity (Wildman–Crippen MR) is 120 cm³/mol. The van der Waals surface area contributed by atoms with E-state index in [9.17, 15) is 9.90 Å². The summed E-state index contributed by atoms with van der Waals surface area (Å²) in [5.74, 6) is 0.165. The second-order valence-corrected chi connectivity index (χ2v) is 8.44. The van der Waals surface area contributed by atoms with E-state index in [1.807, 2.05) is 0 Å². The molecule has 0 fully saturated rings. The molecule has 2 aromatic carbocycles. The third kappa shape index (κ3) is 5.00. The quantitative estimate of drug-likeness (QED) is 0.568. The number of hydrogen-bond donors (Lipinski definition) is 1. The number of Topliss-reactive ketones (excluding diaryl/α,β-unsaturated/α-hetero) is 1. The number of carbonyl (C=O) groups excluding carboxylic acids is 1. The van der Waals surface area contributed by atoms with Gasteiger partial charge in [-0.05, 0) is 37.1 Å². The first kappa shape index (κ1) is 22.7. The Balaban J connectivity index is 1.93. The lowest BCUT2D eigenvalue weighted by Crippen LogP contribution is -3.10. The molecule has 1 N–H and O–H groups in total. The zero-order valence-corrected chi connectivity index (χ0v) is 18.9. The van der Waals surface area contributed by atoms with E-state index in [2.05, 4.69) is 13.8 Å². The van der Waals surface area contributed by atoms with Gasteiger partial charge in [-0.1, -0.05) is 67.8 Å². The minimum absolute atomic E-state index is 0.0935. The number of hydrogen-bond acceptors (Lipinski definition) is 3. The molecule has 0 aliphatic carbocycles. The maximum atomic E-state index is 12.9. The van der Waals surface area contributed by atoms with E-state index < -0.39 is 0 Å². The molecule has 0 spiro atoms. The number of unbranched alkanes of at least 4 members (excludes halogenated alkanes) is 2. The molecule has 0 unspecified atom stereocenters. The van der Waals surface area contributed by atoms with Crippen LogP contribution in [0.15, 0.2) is 36.1 Å². The Morgan fingerprint density at radius 2 is 1.67 bits per heavy atom. The molecule has 30 heavy (non-hydrogen) atoms. The molecule has 3 rings (SSSR count). The van der Waals surface area contributed by atoms with Gasteiger partial charge in [-0.3, -0.25) is 4.79 Å². The molecule has 160 valence electrons. The van der Waals surface area contributed by atoms with Gasteiger partial charge in [0.2, 0.25) is 5.78 Å². The van der Waals surface area contributed by atoms with Gasteiger partial charge in [0.25, 0.3) is 0 Å². The maximum Gasteiger partial charge on any atom is 0.231 e. The summed E-state index contributed by atoms with van der Waals surface area (Å²) in [6, 6.07) is 8.17. The second-order valence-electron chi connectivity index (χ2n) is 7.63. The molecule has 0 aromatic heterocycles. The highest BCUT2D eigenvalue weighted by Gasteiger charge is 2.31. The molecule has 6 heteroatoms. The lowest BCUT2D eigenvalue weighted by atomic mass is 10.0. The Labute approximate surface area is 188 Å². The van der Waals surface area contributed by atoms with Gasteiger partial charge in [0.1, 0.15) is 12.3 Å². The average molecular weight is 448 g/mol. The fourth-order valence-electron chi connectivity index (χ4n) is 3.64.